The lowest BCUT2D eigenvalue weighted by Gasteiger charge is -2.11. The summed E-state index contributed by atoms with van der Waals surface area (Å²) in [6, 6.07) is 13.5. The minimum Gasteiger partial charge on any atom is -0.490 e. The van der Waals surface area contributed by atoms with E-state index in [0.717, 1.165) is 22.6 Å². The maximum absolute atomic E-state index is 11.3. The first-order valence-electron chi connectivity index (χ1n) is 8.58. The highest BCUT2D eigenvalue weighted by Gasteiger charge is 2.17. The van der Waals surface area contributed by atoms with Crippen LogP contribution < -0.4 is 9.47 Å². The first kappa shape index (κ1) is 18.9. The molecule has 0 aliphatic rings. The van der Waals surface area contributed by atoms with Gasteiger partial charge in [-0.15, -0.1) is 11.3 Å². The Balaban J connectivity index is 1.67. The minimum absolute atomic E-state index is 0.248. The van der Waals surface area contributed by atoms with Gasteiger partial charge in [-0.2, -0.15) is 0 Å². The van der Waals surface area contributed by atoms with Gasteiger partial charge in [0, 0.05) is 0 Å². The lowest BCUT2D eigenvalue weighted by Crippen LogP contribution is -2.09. The fraction of sp³-hybridized carbons (Fsp3) is 0.238. The lowest BCUT2D eigenvalue weighted by molar-refractivity contribution is 0.0701. The van der Waals surface area contributed by atoms with E-state index in [2.05, 4.69) is 18.8 Å². The van der Waals surface area contributed by atoms with Gasteiger partial charge >= 0.3 is 5.97 Å². The zero-order valence-corrected chi connectivity index (χ0v) is 16.3. The molecule has 0 radical (unpaired) electrons. The SMILES string of the molecule is Cc1ccc(OCCOc2ccccc2-c2nc(C)c(C(=O)O)s2)cc1C. The zero-order chi connectivity index (χ0) is 19.4. The molecule has 140 valence electrons. The second kappa shape index (κ2) is 8.22. The average Bonchev–Trinajstić information content (AvgIpc) is 3.04. The molecule has 0 atom stereocenters. The highest BCUT2D eigenvalue weighted by Crippen LogP contribution is 2.34. The van der Waals surface area contributed by atoms with Crippen molar-refractivity contribution in [2.24, 2.45) is 0 Å². The van der Waals surface area contributed by atoms with E-state index in [1.807, 2.05) is 42.5 Å². The van der Waals surface area contributed by atoms with Crippen molar-refractivity contribution in [1.29, 1.82) is 0 Å². The third-order valence-corrected chi connectivity index (χ3v) is 5.38. The van der Waals surface area contributed by atoms with Crippen LogP contribution in [0.4, 0.5) is 0 Å². The molecular weight excluding hydrogens is 362 g/mol. The molecule has 5 nitrogen and oxygen atoms in total. The molecule has 2 aromatic carbocycles. The van der Waals surface area contributed by atoms with Crippen LogP contribution in [0.3, 0.4) is 0 Å². The Bertz CT molecular complexity index is 965. The minimum atomic E-state index is -0.962. The molecule has 3 rings (SSSR count). The summed E-state index contributed by atoms with van der Waals surface area (Å²) in [6.45, 7) is 6.60. The number of ether oxygens (including phenoxy) is 2. The van der Waals surface area contributed by atoms with E-state index >= 15 is 0 Å². The lowest BCUT2D eigenvalue weighted by atomic mass is 10.1. The Hall–Kier alpha value is -2.86. The van der Waals surface area contributed by atoms with E-state index in [9.17, 15) is 9.90 Å². The van der Waals surface area contributed by atoms with E-state index < -0.39 is 5.97 Å². The monoisotopic (exact) mass is 383 g/mol. The highest BCUT2D eigenvalue weighted by atomic mass is 32.1. The van der Waals surface area contributed by atoms with Crippen molar-refractivity contribution in [3.8, 4) is 22.1 Å². The summed E-state index contributed by atoms with van der Waals surface area (Å²) in [7, 11) is 0. The van der Waals surface area contributed by atoms with Gasteiger partial charge in [0.2, 0.25) is 0 Å². The number of hydrogen-bond acceptors (Lipinski definition) is 5. The number of para-hydroxylation sites is 1. The van der Waals surface area contributed by atoms with Crippen LogP contribution in [0.2, 0.25) is 0 Å². The Morgan fingerprint density at radius 3 is 2.48 bits per heavy atom. The van der Waals surface area contributed by atoms with Gasteiger partial charge in [-0.1, -0.05) is 18.2 Å². The average molecular weight is 383 g/mol. The van der Waals surface area contributed by atoms with Gasteiger partial charge < -0.3 is 14.6 Å². The Kier molecular flexibility index (Phi) is 5.76. The molecule has 6 heteroatoms. The number of nitrogens with zero attached hydrogens (tertiary/aromatic N) is 1. The van der Waals surface area contributed by atoms with Gasteiger partial charge in [0.15, 0.2) is 0 Å². The quantitative estimate of drug-likeness (QED) is 0.588. The fourth-order valence-corrected chi connectivity index (χ4v) is 3.53. The number of benzene rings is 2. The van der Waals surface area contributed by atoms with Crippen molar-refractivity contribution >= 4 is 17.3 Å². The molecule has 3 aromatic rings. The molecule has 0 unspecified atom stereocenters. The van der Waals surface area contributed by atoms with Crippen LogP contribution in [0.5, 0.6) is 11.5 Å². The second-order valence-electron chi connectivity index (χ2n) is 6.18. The molecule has 0 aliphatic heterocycles. The number of aromatic carboxylic acids is 1. The molecule has 0 aliphatic carbocycles. The smallest absolute Gasteiger partial charge is 0.347 e. The molecule has 1 aromatic heterocycles. The first-order chi connectivity index (χ1) is 13.0. The topological polar surface area (TPSA) is 68.7 Å². The van der Waals surface area contributed by atoms with Crippen LogP contribution in [-0.2, 0) is 0 Å². The number of thiazole rings is 1. The maximum atomic E-state index is 11.3. The van der Waals surface area contributed by atoms with Crippen molar-refractivity contribution in [2.75, 3.05) is 13.2 Å². The largest absolute Gasteiger partial charge is 0.490 e. The molecule has 1 N–H and O–H groups in total. The Labute approximate surface area is 162 Å². The molecule has 0 fully saturated rings. The number of rotatable bonds is 7. The highest BCUT2D eigenvalue weighted by molar-refractivity contribution is 7.17. The van der Waals surface area contributed by atoms with Gasteiger partial charge in [-0.05, 0) is 56.2 Å². The summed E-state index contributed by atoms with van der Waals surface area (Å²) < 4.78 is 11.6. The fourth-order valence-electron chi connectivity index (χ4n) is 2.59. The molecule has 0 amide bonds. The summed E-state index contributed by atoms with van der Waals surface area (Å²) in [5, 5.41) is 9.87. The molecule has 0 bridgehead atoms. The Morgan fingerprint density at radius 2 is 1.78 bits per heavy atom. The van der Waals surface area contributed by atoms with Crippen LogP contribution in [0.15, 0.2) is 42.5 Å². The summed E-state index contributed by atoms with van der Waals surface area (Å²) in [5.74, 6) is 0.514. The predicted octanol–water partition coefficient (Wildman–Crippen LogP) is 4.89. The standard InChI is InChI=1S/C21H21NO4S/c1-13-8-9-16(12-14(13)2)25-10-11-26-18-7-5-4-6-17(18)20-22-15(3)19(27-20)21(23)24/h4-9,12H,10-11H2,1-3H3,(H,23,24). The Morgan fingerprint density at radius 1 is 1.04 bits per heavy atom. The van der Waals surface area contributed by atoms with E-state index in [4.69, 9.17) is 9.47 Å². The number of carboxylic acids is 1. The van der Waals surface area contributed by atoms with Crippen molar-refractivity contribution in [2.45, 2.75) is 20.8 Å². The zero-order valence-electron chi connectivity index (χ0n) is 15.5. The van der Waals surface area contributed by atoms with Gasteiger partial charge in [-0.25, -0.2) is 9.78 Å². The van der Waals surface area contributed by atoms with Crippen molar-refractivity contribution < 1.29 is 19.4 Å². The van der Waals surface area contributed by atoms with Gasteiger partial charge in [0.05, 0.1) is 11.3 Å². The first-order valence-corrected chi connectivity index (χ1v) is 9.40. The number of carbonyl (C=O) groups is 1. The van der Waals surface area contributed by atoms with Gasteiger partial charge in [0.25, 0.3) is 0 Å². The van der Waals surface area contributed by atoms with Crippen LogP contribution >= 0.6 is 11.3 Å². The third-order valence-electron chi connectivity index (χ3n) is 4.20. The number of carboxylic acid groups (broad SMARTS) is 1. The summed E-state index contributed by atoms with van der Waals surface area (Å²) >= 11 is 1.15. The van der Waals surface area contributed by atoms with E-state index in [1.54, 1.807) is 6.92 Å². The van der Waals surface area contributed by atoms with Crippen LogP contribution in [0.1, 0.15) is 26.5 Å². The molecular formula is C21H21NO4S. The van der Waals surface area contributed by atoms with Crippen LogP contribution in [-0.4, -0.2) is 29.3 Å². The molecule has 27 heavy (non-hydrogen) atoms. The summed E-state index contributed by atoms with van der Waals surface area (Å²) in [4.78, 5) is 15.9. The van der Waals surface area contributed by atoms with Crippen molar-refractivity contribution in [3.05, 3.63) is 64.2 Å². The number of aromatic nitrogens is 1. The number of hydrogen-bond donors (Lipinski definition) is 1. The van der Waals surface area contributed by atoms with E-state index in [1.165, 1.54) is 11.1 Å². The molecule has 0 spiro atoms. The number of aryl methyl sites for hydroxylation is 3. The normalized spacial score (nSPS) is 10.6. The van der Waals surface area contributed by atoms with Crippen molar-refractivity contribution in [1.82, 2.24) is 4.98 Å². The summed E-state index contributed by atoms with van der Waals surface area (Å²) in [6.07, 6.45) is 0. The van der Waals surface area contributed by atoms with Crippen LogP contribution in [0, 0.1) is 20.8 Å². The summed E-state index contributed by atoms with van der Waals surface area (Å²) in [5.41, 5.74) is 3.71. The predicted molar refractivity (Wildman–Crippen MR) is 106 cm³/mol. The van der Waals surface area contributed by atoms with Crippen molar-refractivity contribution in [3.63, 3.8) is 0 Å². The molecule has 0 saturated carbocycles. The molecule has 1 heterocycles. The van der Waals surface area contributed by atoms with E-state index in [-0.39, 0.29) is 4.88 Å². The van der Waals surface area contributed by atoms with E-state index in [0.29, 0.717) is 29.7 Å². The van der Waals surface area contributed by atoms with Crippen LogP contribution in [0.25, 0.3) is 10.6 Å². The third kappa shape index (κ3) is 4.46. The maximum Gasteiger partial charge on any atom is 0.347 e. The van der Waals surface area contributed by atoms with Gasteiger partial charge in [0.1, 0.15) is 34.6 Å². The molecule has 0 saturated heterocycles. The van der Waals surface area contributed by atoms with Gasteiger partial charge in [-0.3, -0.25) is 0 Å². The second-order valence-corrected chi connectivity index (χ2v) is 7.18.